The molecule has 2 aliphatic rings. The Morgan fingerprint density at radius 2 is 2.29 bits per heavy atom. The zero-order valence-electron chi connectivity index (χ0n) is 10.7. The molecule has 2 fully saturated rings. The zero-order chi connectivity index (χ0) is 12.7. The van der Waals surface area contributed by atoms with Gasteiger partial charge in [0.1, 0.15) is 11.6 Å². The maximum Gasteiger partial charge on any atom is 0.181 e. The van der Waals surface area contributed by atoms with Crippen molar-refractivity contribution in [1.82, 2.24) is 0 Å². The van der Waals surface area contributed by atoms with Gasteiger partial charge < -0.3 is 9.47 Å². The minimum Gasteiger partial charge on any atom is -0.349 e. The molecule has 0 amide bonds. The molecule has 1 aliphatic carbocycles. The Bertz CT molecular complexity index is 351. The third-order valence-electron chi connectivity index (χ3n) is 4.02. The van der Waals surface area contributed by atoms with Crippen LogP contribution < -0.4 is 0 Å². The highest BCUT2D eigenvalue weighted by atomic mass is 16.7. The predicted octanol–water partition coefficient (Wildman–Crippen LogP) is 1.86. The first-order valence-electron chi connectivity index (χ1n) is 6.28. The van der Waals surface area contributed by atoms with Crippen molar-refractivity contribution in [3.05, 3.63) is 0 Å². The van der Waals surface area contributed by atoms with Crippen LogP contribution in [0.3, 0.4) is 0 Å². The van der Waals surface area contributed by atoms with Gasteiger partial charge in [-0.05, 0) is 27.2 Å². The molecule has 4 heteroatoms. The van der Waals surface area contributed by atoms with Crippen molar-refractivity contribution >= 4 is 11.6 Å². The zero-order valence-corrected chi connectivity index (χ0v) is 10.7. The molecule has 0 aromatic heterocycles. The lowest BCUT2D eigenvalue weighted by molar-refractivity contribution is -0.250. The molecular weight excluding hydrogens is 220 g/mol. The van der Waals surface area contributed by atoms with Crippen molar-refractivity contribution in [2.45, 2.75) is 58.3 Å². The van der Waals surface area contributed by atoms with E-state index >= 15 is 0 Å². The first-order chi connectivity index (χ1) is 7.93. The van der Waals surface area contributed by atoms with E-state index in [-0.39, 0.29) is 17.7 Å². The normalized spacial score (nSPS) is 40.6. The van der Waals surface area contributed by atoms with E-state index in [2.05, 4.69) is 0 Å². The van der Waals surface area contributed by atoms with Crippen LogP contribution in [0.2, 0.25) is 0 Å². The Labute approximate surface area is 102 Å². The molecule has 1 heterocycles. The standard InChI is InChI=1S/C13H20O4/c1-4-16-13-6-5-11(15)12(13,3)8-10(17-13)7-9(2)14/h10H,4-8H2,1-3H3/t10?,12-,13+/m1/s1. The van der Waals surface area contributed by atoms with E-state index in [0.717, 1.165) is 0 Å². The van der Waals surface area contributed by atoms with Crippen LogP contribution in [0, 0.1) is 5.41 Å². The average Bonchev–Trinajstić information content (AvgIpc) is 2.60. The van der Waals surface area contributed by atoms with Crippen LogP contribution in [0.1, 0.15) is 46.5 Å². The number of ketones is 2. The molecule has 1 aliphatic heterocycles. The summed E-state index contributed by atoms with van der Waals surface area (Å²) in [6.45, 7) is 5.89. The number of carbonyl (C=O) groups excluding carboxylic acids is 2. The summed E-state index contributed by atoms with van der Waals surface area (Å²) in [4.78, 5) is 23.2. The van der Waals surface area contributed by atoms with Crippen LogP contribution >= 0.6 is 0 Å². The molecule has 0 aromatic rings. The fraction of sp³-hybridized carbons (Fsp3) is 0.846. The van der Waals surface area contributed by atoms with Crippen LogP contribution in [0.5, 0.6) is 0 Å². The minimum absolute atomic E-state index is 0.0951. The highest BCUT2D eigenvalue weighted by Crippen LogP contribution is 2.56. The summed E-state index contributed by atoms with van der Waals surface area (Å²) in [5, 5.41) is 0. The van der Waals surface area contributed by atoms with Gasteiger partial charge in [-0.1, -0.05) is 0 Å². The van der Waals surface area contributed by atoms with E-state index in [9.17, 15) is 9.59 Å². The third kappa shape index (κ3) is 1.83. The molecule has 0 N–H and O–H groups in total. The maximum absolute atomic E-state index is 12.0. The van der Waals surface area contributed by atoms with Gasteiger partial charge >= 0.3 is 0 Å². The van der Waals surface area contributed by atoms with Crippen molar-refractivity contribution in [1.29, 1.82) is 0 Å². The number of carbonyl (C=O) groups is 2. The fourth-order valence-corrected chi connectivity index (χ4v) is 3.20. The van der Waals surface area contributed by atoms with Crippen molar-refractivity contribution in [2.75, 3.05) is 6.61 Å². The van der Waals surface area contributed by atoms with Gasteiger partial charge in [0, 0.05) is 25.9 Å². The molecule has 0 radical (unpaired) electrons. The highest BCUT2D eigenvalue weighted by Gasteiger charge is 2.65. The molecule has 0 bridgehead atoms. The predicted molar refractivity (Wildman–Crippen MR) is 61.5 cm³/mol. The Balaban J connectivity index is 2.22. The van der Waals surface area contributed by atoms with Crippen LogP contribution in [0.25, 0.3) is 0 Å². The largest absolute Gasteiger partial charge is 0.349 e. The van der Waals surface area contributed by atoms with Gasteiger partial charge in [-0.2, -0.15) is 0 Å². The number of hydrogen-bond donors (Lipinski definition) is 0. The quantitative estimate of drug-likeness (QED) is 0.752. The van der Waals surface area contributed by atoms with Gasteiger partial charge in [-0.15, -0.1) is 0 Å². The molecule has 0 aromatic carbocycles. The summed E-state index contributed by atoms with van der Waals surface area (Å²) >= 11 is 0. The van der Waals surface area contributed by atoms with E-state index in [1.165, 1.54) is 0 Å². The summed E-state index contributed by atoms with van der Waals surface area (Å²) in [6, 6.07) is 0. The monoisotopic (exact) mass is 240 g/mol. The average molecular weight is 240 g/mol. The van der Waals surface area contributed by atoms with Crippen LogP contribution in [-0.4, -0.2) is 30.1 Å². The molecule has 96 valence electrons. The topological polar surface area (TPSA) is 52.6 Å². The summed E-state index contributed by atoms with van der Waals surface area (Å²) in [7, 11) is 0. The molecule has 0 spiro atoms. The number of rotatable bonds is 4. The Morgan fingerprint density at radius 3 is 2.88 bits per heavy atom. The number of fused-ring (bicyclic) bond motifs is 1. The van der Waals surface area contributed by atoms with Gasteiger partial charge in [-0.3, -0.25) is 9.59 Å². The van der Waals surface area contributed by atoms with Crippen molar-refractivity contribution < 1.29 is 19.1 Å². The Hall–Kier alpha value is -0.740. The summed E-state index contributed by atoms with van der Waals surface area (Å²) in [6.07, 6.45) is 1.94. The lowest BCUT2D eigenvalue weighted by Gasteiger charge is -2.34. The molecule has 3 atom stereocenters. The second kappa shape index (κ2) is 4.18. The van der Waals surface area contributed by atoms with Crippen molar-refractivity contribution in [3.63, 3.8) is 0 Å². The van der Waals surface area contributed by atoms with Gasteiger partial charge in [-0.25, -0.2) is 0 Å². The number of ether oxygens (including phenoxy) is 2. The SMILES string of the molecule is CCO[C@]12CCC(=O)[C@@]1(C)CC(CC(C)=O)O2. The van der Waals surface area contributed by atoms with E-state index < -0.39 is 11.2 Å². The summed E-state index contributed by atoms with van der Waals surface area (Å²) < 4.78 is 11.7. The third-order valence-corrected chi connectivity index (χ3v) is 4.02. The van der Waals surface area contributed by atoms with Crippen molar-refractivity contribution in [2.24, 2.45) is 5.41 Å². The second-order valence-corrected chi connectivity index (χ2v) is 5.29. The Kier molecular flexibility index (Phi) is 3.12. The van der Waals surface area contributed by atoms with E-state index in [1.54, 1.807) is 6.92 Å². The Morgan fingerprint density at radius 1 is 1.59 bits per heavy atom. The van der Waals surface area contributed by atoms with Crippen molar-refractivity contribution in [3.8, 4) is 0 Å². The maximum atomic E-state index is 12.0. The molecule has 17 heavy (non-hydrogen) atoms. The van der Waals surface area contributed by atoms with Gasteiger partial charge in [0.25, 0.3) is 0 Å². The second-order valence-electron chi connectivity index (χ2n) is 5.29. The fourth-order valence-electron chi connectivity index (χ4n) is 3.20. The van der Waals surface area contributed by atoms with Crippen LogP contribution in [0.15, 0.2) is 0 Å². The summed E-state index contributed by atoms with van der Waals surface area (Å²) in [5.41, 5.74) is -0.566. The molecule has 1 saturated carbocycles. The molecular formula is C13H20O4. The first-order valence-corrected chi connectivity index (χ1v) is 6.28. The number of hydrogen-bond acceptors (Lipinski definition) is 4. The van der Waals surface area contributed by atoms with E-state index in [4.69, 9.17) is 9.47 Å². The van der Waals surface area contributed by atoms with E-state index in [1.807, 2.05) is 13.8 Å². The highest BCUT2D eigenvalue weighted by molar-refractivity contribution is 5.88. The smallest absolute Gasteiger partial charge is 0.181 e. The summed E-state index contributed by atoms with van der Waals surface area (Å²) in [5.74, 6) is -0.478. The minimum atomic E-state index is -0.779. The van der Waals surface area contributed by atoms with Gasteiger partial charge in [0.15, 0.2) is 5.79 Å². The lowest BCUT2D eigenvalue weighted by Crippen LogP contribution is -2.44. The van der Waals surface area contributed by atoms with Gasteiger partial charge in [0.05, 0.1) is 11.5 Å². The lowest BCUT2D eigenvalue weighted by atomic mass is 9.80. The number of Topliss-reactive ketones (excluding diaryl/α,β-unsaturated/α-hetero) is 2. The van der Waals surface area contributed by atoms with Crippen LogP contribution in [-0.2, 0) is 19.1 Å². The van der Waals surface area contributed by atoms with E-state index in [0.29, 0.717) is 32.3 Å². The van der Waals surface area contributed by atoms with Crippen LogP contribution in [0.4, 0.5) is 0 Å². The van der Waals surface area contributed by atoms with Gasteiger partial charge in [0.2, 0.25) is 0 Å². The molecule has 1 unspecified atom stereocenters. The first kappa shape index (κ1) is 12.7. The molecule has 2 rings (SSSR count). The molecule has 4 nitrogen and oxygen atoms in total. The molecule has 1 saturated heterocycles.